The summed E-state index contributed by atoms with van der Waals surface area (Å²) in [5.74, 6) is -0.0189. The number of unbranched alkanes of at least 4 members (excludes halogenated alkanes) is 1. The molecule has 1 atom stereocenters. The predicted octanol–water partition coefficient (Wildman–Crippen LogP) is 5.19. The minimum atomic E-state index is -0.203. The van der Waals surface area contributed by atoms with Crippen LogP contribution in [-0.2, 0) is 0 Å². The van der Waals surface area contributed by atoms with E-state index in [1.165, 1.54) is 18.5 Å². The van der Waals surface area contributed by atoms with Crippen LogP contribution in [0.1, 0.15) is 49.7 Å². The van der Waals surface area contributed by atoms with Crippen molar-refractivity contribution < 1.29 is 4.39 Å². The van der Waals surface area contributed by atoms with Crippen LogP contribution >= 0.6 is 0 Å². The van der Waals surface area contributed by atoms with Crippen LogP contribution in [-0.4, -0.2) is 6.21 Å². The fraction of sp³-hybridized carbons (Fsp3) is 0.316. The maximum Gasteiger partial charge on any atom is 0.127 e. The van der Waals surface area contributed by atoms with Crippen molar-refractivity contribution in [3.63, 3.8) is 0 Å². The van der Waals surface area contributed by atoms with E-state index >= 15 is 0 Å². The Morgan fingerprint density at radius 1 is 1.45 bits per heavy atom. The average molecular weight is 300 g/mol. The van der Waals surface area contributed by atoms with E-state index in [1.807, 2.05) is 18.2 Å². The van der Waals surface area contributed by atoms with Crippen LogP contribution in [0.25, 0.3) is 5.70 Å². The summed E-state index contributed by atoms with van der Waals surface area (Å²) >= 11 is 0. The normalized spacial score (nSPS) is 12.8. The van der Waals surface area contributed by atoms with Crippen LogP contribution < -0.4 is 5.73 Å². The summed E-state index contributed by atoms with van der Waals surface area (Å²) in [7, 11) is 0. The summed E-state index contributed by atoms with van der Waals surface area (Å²) in [6.07, 6.45) is 10.3. The highest BCUT2D eigenvalue weighted by Crippen LogP contribution is 2.30. The van der Waals surface area contributed by atoms with Crippen molar-refractivity contribution in [2.45, 2.75) is 38.5 Å². The van der Waals surface area contributed by atoms with Gasteiger partial charge in [-0.2, -0.15) is 0 Å². The molecule has 1 unspecified atom stereocenters. The number of hydrogen-bond donors (Lipinski definition) is 1. The molecule has 1 aromatic carbocycles. The quantitative estimate of drug-likeness (QED) is 0.494. The fourth-order valence-electron chi connectivity index (χ4n) is 2.35. The first-order valence-corrected chi connectivity index (χ1v) is 7.64. The molecular formula is C19H25FN2. The Kier molecular flexibility index (Phi) is 7.90. The van der Waals surface area contributed by atoms with E-state index in [9.17, 15) is 4.39 Å². The maximum absolute atomic E-state index is 14.4. The van der Waals surface area contributed by atoms with Crippen LogP contribution in [0.3, 0.4) is 0 Å². The Bertz CT molecular complexity index is 559. The van der Waals surface area contributed by atoms with Crippen molar-refractivity contribution in [2.24, 2.45) is 10.7 Å². The van der Waals surface area contributed by atoms with Gasteiger partial charge in [0, 0.05) is 11.8 Å². The molecule has 0 aliphatic carbocycles. The molecular weight excluding hydrogens is 275 g/mol. The molecule has 2 N–H and O–H groups in total. The lowest BCUT2D eigenvalue weighted by molar-refractivity contribution is 0.539. The summed E-state index contributed by atoms with van der Waals surface area (Å²) in [6, 6.07) is 5.21. The smallest absolute Gasteiger partial charge is 0.127 e. The molecule has 3 heteroatoms. The van der Waals surface area contributed by atoms with E-state index in [0.29, 0.717) is 11.3 Å². The van der Waals surface area contributed by atoms with Gasteiger partial charge in [-0.1, -0.05) is 44.6 Å². The van der Waals surface area contributed by atoms with Gasteiger partial charge in [0.15, 0.2) is 0 Å². The van der Waals surface area contributed by atoms with E-state index in [-0.39, 0.29) is 11.7 Å². The highest BCUT2D eigenvalue weighted by molar-refractivity contribution is 5.79. The number of halogens is 1. The molecule has 22 heavy (non-hydrogen) atoms. The van der Waals surface area contributed by atoms with Crippen molar-refractivity contribution in [1.82, 2.24) is 0 Å². The second kappa shape index (κ2) is 9.72. The number of benzene rings is 1. The first-order valence-electron chi connectivity index (χ1n) is 7.64. The predicted molar refractivity (Wildman–Crippen MR) is 94.3 cm³/mol. The summed E-state index contributed by atoms with van der Waals surface area (Å²) in [5.41, 5.74) is 7.16. The van der Waals surface area contributed by atoms with E-state index in [0.717, 1.165) is 31.2 Å². The Labute approximate surface area is 133 Å². The molecule has 0 radical (unpaired) electrons. The largest absolute Gasteiger partial charge is 0.405 e. The fourth-order valence-corrected chi connectivity index (χ4v) is 2.35. The minimum absolute atomic E-state index is 0.184. The number of hydrogen-bond acceptors (Lipinski definition) is 2. The molecule has 0 aliphatic rings. The lowest BCUT2D eigenvalue weighted by Crippen LogP contribution is -2.02. The lowest BCUT2D eigenvalue weighted by atomic mass is 9.89. The van der Waals surface area contributed by atoms with Crippen LogP contribution in [0, 0.1) is 5.82 Å². The SMILES string of the molecule is C=CCC(CCCC)c1ccc(C(=C)N=C/C=C\N)cc1F. The Balaban J connectivity index is 2.95. The number of rotatable bonds is 9. The van der Waals surface area contributed by atoms with Gasteiger partial charge in [-0.15, -0.1) is 6.58 Å². The number of aliphatic imine (C=N–C) groups is 1. The van der Waals surface area contributed by atoms with Crippen LogP contribution in [0.2, 0.25) is 0 Å². The van der Waals surface area contributed by atoms with Crippen LogP contribution in [0.4, 0.5) is 4.39 Å². The van der Waals surface area contributed by atoms with Gasteiger partial charge in [0.25, 0.3) is 0 Å². The minimum Gasteiger partial charge on any atom is -0.405 e. The summed E-state index contributed by atoms with van der Waals surface area (Å²) in [5, 5.41) is 0. The van der Waals surface area contributed by atoms with Crippen molar-refractivity contribution in [2.75, 3.05) is 0 Å². The zero-order chi connectivity index (χ0) is 16.4. The molecule has 118 valence electrons. The highest BCUT2D eigenvalue weighted by Gasteiger charge is 2.15. The van der Waals surface area contributed by atoms with Crippen molar-refractivity contribution in [1.29, 1.82) is 0 Å². The molecule has 0 fully saturated rings. The molecule has 0 heterocycles. The third kappa shape index (κ3) is 5.32. The Morgan fingerprint density at radius 2 is 2.23 bits per heavy atom. The summed E-state index contributed by atoms with van der Waals surface area (Å²) < 4.78 is 14.4. The summed E-state index contributed by atoms with van der Waals surface area (Å²) in [6.45, 7) is 9.76. The van der Waals surface area contributed by atoms with Gasteiger partial charge in [-0.3, -0.25) is 4.99 Å². The van der Waals surface area contributed by atoms with Crippen molar-refractivity contribution >= 4 is 11.9 Å². The van der Waals surface area contributed by atoms with Crippen LogP contribution in [0.5, 0.6) is 0 Å². The first-order chi connectivity index (χ1) is 10.6. The van der Waals surface area contributed by atoms with E-state index in [4.69, 9.17) is 5.73 Å². The molecule has 0 saturated heterocycles. The third-order valence-corrected chi connectivity index (χ3v) is 3.56. The summed E-state index contributed by atoms with van der Waals surface area (Å²) in [4.78, 5) is 4.12. The van der Waals surface area contributed by atoms with Gasteiger partial charge in [-0.05, 0) is 42.7 Å². The number of allylic oxidation sites excluding steroid dienone is 2. The molecule has 0 spiro atoms. The monoisotopic (exact) mass is 300 g/mol. The number of nitrogens with two attached hydrogens (primary N) is 1. The Hall–Kier alpha value is -2.16. The highest BCUT2D eigenvalue weighted by atomic mass is 19.1. The maximum atomic E-state index is 14.4. The first kappa shape index (κ1) is 17.9. The molecule has 0 amide bonds. The standard InChI is InChI=1S/C19H25FN2/c1-4-6-9-16(8-5-2)18-11-10-17(14-19(18)20)15(3)22-13-7-12-21/h5,7,10-14,16H,2-4,6,8-9,21H2,1H3/b12-7-,22-13?. The van der Waals surface area contributed by atoms with Gasteiger partial charge in [-0.25, -0.2) is 4.39 Å². The van der Waals surface area contributed by atoms with E-state index < -0.39 is 0 Å². The zero-order valence-corrected chi connectivity index (χ0v) is 13.3. The molecule has 2 nitrogen and oxygen atoms in total. The van der Waals surface area contributed by atoms with Gasteiger partial charge < -0.3 is 5.73 Å². The van der Waals surface area contributed by atoms with Gasteiger partial charge >= 0.3 is 0 Å². The van der Waals surface area contributed by atoms with Crippen molar-refractivity contribution in [3.05, 3.63) is 66.7 Å². The average Bonchev–Trinajstić information content (AvgIpc) is 2.51. The molecule has 0 aromatic heterocycles. The second-order valence-corrected chi connectivity index (χ2v) is 5.21. The topological polar surface area (TPSA) is 38.4 Å². The van der Waals surface area contributed by atoms with Gasteiger partial charge in [0.2, 0.25) is 0 Å². The second-order valence-electron chi connectivity index (χ2n) is 5.21. The van der Waals surface area contributed by atoms with E-state index in [2.05, 4.69) is 25.1 Å². The van der Waals surface area contributed by atoms with Crippen molar-refractivity contribution in [3.8, 4) is 0 Å². The van der Waals surface area contributed by atoms with Gasteiger partial charge in [0.1, 0.15) is 5.82 Å². The number of nitrogens with zero attached hydrogens (tertiary/aromatic N) is 1. The van der Waals surface area contributed by atoms with Crippen LogP contribution in [0.15, 0.2) is 54.7 Å². The molecule has 0 bridgehead atoms. The molecule has 0 aliphatic heterocycles. The van der Waals surface area contributed by atoms with E-state index in [1.54, 1.807) is 6.08 Å². The Morgan fingerprint density at radius 3 is 2.82 bits per heavy atom. The molecule has 1 rings (SSSR count). The van der Waals surface area contributed by atoms with Gasteiger partial charge in [0.05, 0.1) is 5.70 Å². The lowest BCUT2D eigenvalue weighted by Gasteiger charge is -2.16. The zero-order valence-electron chi connectivity index (χ0n) is 13.3. The third-order valence-electron chi connectivity index (χ3n) is 3.56. The molecule has 1 aromatic rings. The molecule has 0 saturated carbocycles.